The lowest BCUT2D eigenvalue weighted by atomic mass is 10.3. The highest BCUT2D eigenvalue weighted by Crippen LogP contribution is 2.30. The van der Waals surface area contributed by atoms with E-state index in [2.05, 4.69) is 0 Å². The lowest BCUT2D eigenvalue weighted by Gasteiger charge is -2.32. The number of carbonyl (C=O) groups excluding carboxylic acids is 1. The van der Waals surface area contributed by atoms with E-state index in [1.54, 1.807) is 0 Å². The van der Waals surface area contributed by atoms with E-state index in [1.807, 2.05) is 6.92 Å². The van der Waals surface area contributed by atoms with Gasteiger partial charge in [0.1, 0.15) is 0 Å². The first-order valence-corrected chi connectivity index (χ1v) is 8.07. The normalized spacial score (nSPS) is 21.1. The standard InChI is InChI=1S/C9H17ClO2Si/c1-2-9(11)12-13(8-10)6-4-3-5-7-13/h2-8H2,1H3. The lowest BCUT2D eigenvalue weighted by molar-refractivity contribution is -0.135. The topological polar surface area (TPSA) is 26.3 Å². The van der Waals surface area contributed by atoms with Crippen LogP contribution in [0, 0.1) is 0 Å². The zero-order chi connectivity index (χ0) is 9.73. The second kappa shape index (κ2) is 5.01. The predicted octanol–water partition coefficient (Wildman–Crippen LogP) is 2.85. The van der Waals surface area contributed by atoms with Gasteiger partial charge in [0.15, 0.2) is 0 Å². The van der Waals surface area contributed by atoms with Gasteiger partial charge in [0.2, 0.25) is 0 Å². The molecule has 0 spiro atoms. The van der Waals surface area contributed by atoms with Crippen molar-refractivity contribution in [2.45, 2.75) is 44.7 Å². The fourth-order valence-electron chi connectivity index (χ4n) is 1.77. The molecule has 0 unspecified atom stereocenters. The van der Waals surface area contributed by atoms with Crippen molar-refractivity contribution in [2.24, 2.45) is 0 Å². The molecule has 0 aromatic carbocycles. The fourth-order valence-corrected chi connectivity index (χ4v) is 5.93. The lowest BCUT2D eigenvalue weighted by Crippen LogP contribution is -2.44. The van der Waals surface area contributed by atoms with Crippen molar-refractivity contribution in [3.8, 4) is 0 Å². The van der Waals surface area contributed by atoms with Crippen molar-refractivity contribution in [2.75, 3.05) is 5.50 Å². The van der Waals surface area contributed by atoms with Crippen molar-refractivity contribution in [3.63, 3.8) is 0 Å². The van der Waals surface area contributed by atoms with Gasteiger partial charge in [-0.1, -0.05) is 26.2 Å². The van der Waals surface area contributed by atoms with E-state index in [0.29, 0.717) is 11.9 Å². The molecule has 0 radical (unpaired) electrons. The van der Waals surface area contributed by atoms with E-state index in [-0.39, 0.29) is 5.97 Å². The Labute approximate surface area is 85.7 Å². The molecule has 0 aromatic rings. The minimum absolute atomic E-state index is 0.0609. The third-order valence-electron chi connectivity index (χ3n) is 2.63. The minimum atomic E-state index is -1.82. The molecule has 0 aromatic heterocycles. The van der Waals surface area contributed by atoms with Crippen molar-refractivity contribution < 1.29 is 9.22 Å². The van der Waals surface area contributed by atoms with E-state index in [1.165, 1.54) is 19.3 Å². The molecular weight excluding hydrogens is 204 g/mol. The molecule has 1 aliphatic heterocycles. The Kier molecular flexibility index (Phi) is 4.26. The predicted molar refractivity (Wildman–Crippen MR) is 56.3 cm³/mol. The van der Waals surface area contributed by atoms with Gasteiger partial charge in [0.05, 0.1) is 5.50 Å². The number of carbonyl (C=O) groups is 1. The van der Waals surface area contributed by atoms with Gasteiger partial charge in [-0.3, -0.25) is 4.79 Å². The Morgan fingerprint density at radius 1 is 1.38 bits per heavy atom. The Balaban J connectivity index is 2.52. The summed E-state index contributed by atoms with van der Waals surface area (Å²) in [5.74, 6) is -0.0609. The zero-order valence-corrected chi connectivity index (χ0v) is 9.90. The number of hydrogen-bond donors (Lipinski definition) is 0. The van der Waals surface area contributed by atoms with Crippen LogP contribution < -0.4 is 0 Å². The van der Waals surface area contributed by atoms with Gasteiger partial charge in [0.25, 0.3) is 14.3 Å². The van der Waals surface area contributed by atoms with Crippen molar-refractivity contribution in [3.05, 3.63) is 0 Å². The SMILES string of the molecule is CCC(=O)O[Si]1(CCl)CCCCC1. The number of alkyl halides is 1. The highest BCUT2D eigenvalue weighted by Gasteiger charge is 2.38. The summed E-state index contributed by atoms with van der Waals surface area (Å²) >= 11 is 5.92. The van der Waals surface area contributed by atoms with Crippen LogP contribution in [0.25, 0.3) is 0 Å². The van der Waals surface area contributed by atoms with Crippen molar-refractivity contribution in [1.29, 1.82) is 0 Å². The monoisotopic (exact) mass is 220 g/mol. The smallest absolute Gasteiger partial charge is 0.292 e. The van der Waals surface area contributed by atoms with Gasteiger partial charge in [-0.15, -0.1) is 11.6 Å². The van der Waals surface area contributed by atoms with Gasteiger partial charge in [-0.2, -0.15) is 0 Å². The van der Waals surface area contributed by atoms with Gasteiger partial charge in [-0.05, 0) is 12.1 Å². The van der Waals surface area contributed by atoms with E-state index in [4.69, 9.17) is 16.0 Å². The summed E-state index contributed by atoms with van der Waals surface area (Å²) in [6.45, 7) is 1.83. The highest BCUT2D eigenvalue weighted by atomic mass is 35.5. The second-order valence-corrected chi connectivity index (χ2v) is 8.34. The van der Waals surface area contributed by atoms with Crippen LogP contribution in [0.5, 0.6) is 0 Å². The molecule has 0 bridgehead atoms. The van der Waals surface area contributed by atoms with Crippen LogP contribution in [0.4, 0.5) is 0 Å². The third-order valence-corrected chi connectivity index (χ3v) is 7.77. The first kappa shape index (κ1) is 11.1. The van der Waals surface area contributed by atoms with Gasteiger partial charge in [-0.25, -0.2) is 0 Å². The molecule has 0 saturated carbocycles. The molecule has 0 aliphatic carbocycles. The summed E-state index contributed by atoms with van der Waals surface area (Å²) < 4.78 is 5.55. The summed E-state index contributed by atoms with van der Waals surface area (Å²) in [5, 5.41) is 0. The van der Waals surface area contributed by atoms with E-state index >= 15 is 0 Å². The van der Waals surface area contributed by atoms with Gasteiger partial charge in [0, 0.05) is 6.42 Å². The molecule has 1 rings (SSSR count). The highest BCUT2D eigenvalue weighted by molar-refractivity contribution is 6.81. The van der Waals surface area contributed by atoms with Crippen LogP contribution in [0.2, 0.25) is 12.1 Å². The van der Waals surface area contributed by atoms with Crippen LogP contribution in [0.15, 0.2) is 0 Å². The summed E-state index contributed by atoms with van der Waals surface area (Å²) in [4.78, 5) is 11.2. The maximum Gasteiger partial charge on any atom is 0.292 e. The van der Waals surface area contributed by atoms with Gasteiger partial charge >= 0.3 is 0 Å². The summed E-state index contributed by atoms with van der Waals surface area (Å²) in [6, 6.07) is 2.14. The zero-order valence-electron chi connectivity index (χ0n) is 8.14. The van der Waals surface area contributed by atoms with Gasteiger partial charge < -0.3 is 4.43 Å². The Morgan fingerprint density at radius 3 is 2.46 bits per heavy atom. The quantitative estimate of drug-likeness (QED) is 0.540. The molecule has 1 fully saturated rings. The van der Waals surface area contributed by atoms with Crippen LogP contribution in [0.3, 0.4) is 0 Å². The van der Waals surface area contributed by atoms with Crippen LogP contribution in [-0.4, -0.2) is 19.8 Å². The first-order valence-electron chi connectivity index (χ1n) is 5.00. The van der Waals surface area contributed by atoms with Crippen molar-refractivity contribution in [1.82, 2.24) is 0 Å². The first-order chi connectivity index (χ1) is 6.22. The van der Waals surface area contributed by atoms with Crippen LogP contribution in [-0.2, 0) is 9.22 Å². The molecule has 0 atom stereocenters. The summed E-state index contributed by atoms with van der Waals surface area (Å²) in [5.41, 5.74) is 0.582. The number of hydrogen-bond acceptors (Lipinski definition) is 2. The number of halogens is 1. The average molecular weight is 221 g/mol. The Bertz CT molecular complexity index is 178. The third kappa shape index (κ3) is 2.99. The Morgan fingerprint density at radius 2 is 2.00 bits per heavy atom. The molecule has 2 nitrogen and oxygen atoms in total. The molecule has 4 heteroatoms. The molecular formula is C9H17ClO2Si. The minimum Gasteiger partial charge on any atom is -0.518 e. The maximum absolute atomic E-state index is 11.2. The van der Waals surface area contributed by atoms with E-state index in [9.17, 15) is 4.79 Å². The molecule has 1 heterocycles. The largest absolute Gasteiger partial charge is 0.518 e. The molecule has 76 valence electrons. The van der Waals surface area contributed by atoms with Crippen molar-refractivity contribution >= 4 is 25.9 Å². The Hall–Kier alpha value is -0.0231. The summed E-state index contributed by atoms with van der Waals surface area (Å²) in [6.07, 6.45) is 4.13. The molecule has 0 N–H and O–H groups in total. The molecule has 13 heavy (non-hydrogen) atoms. The van der Waals surface area contributed by atoms with Crippen LogP contribution in [0.1, 0.15) is 32.6 Å². The molecule has 1 saturated heterocycles. The van der Waals surface area contributed by atoms with E-state index < -0.39 is 8.32 Å². The molecule has 0 amide bonds. The van der Waals surface area contributed by atoms with E-state index in [0.717, 1.165) is 12.1 Å². The molecule has 1 aliphatic rings. The summed E-state index contributed by atoms with van der Waals surface area (Å²) in [7, 11) is -1.82. The van der Waals surface area contributed by atoms with Crippen LogP contribution >= 0.6 is 11.6 Å². The second-order valence-electron chi connectivity index (χ2n) is 3.70. The fraction of sp³-hybridized carbons (Fsp3) is 0.889. The maximum atomic E-state index is 11.2. The number of rotatable bonds is 3. The average Bonchev–Trinajstić information content (AvgIpc) is 2.19.